The third kappa shape index (κ3) is 4.44. The van der Waals surface area contributed by atoms with Crippen LogP contribution in [0.1, 0.15) is 11.1 Å². The summed E-state index contributed by atoms with van der Waals surface area (Å²) in [5.74, 6) is 0.534. The van der Waals surface area contributed by atoms with E-state index in [9.17, 15) is 4.79 Å². The molecule has 0 saturated carbocycles. The zero-order valence-corrected chi connectivity index (χ0v) is 12.6. The van der Waals surface area contributed by atoms with Gasteiger partial charge < -0.3 is 5.32 Å². The van der Waals surface area contributed by atoms with Crippen LogP contribution in [-0.2, 0) is 13.1 Å². The Morgan fingerprint density at radius 3 is 2.26 bits per heavy atom. The molecular weight excluding hydrogens is 288 g/mol. The van der Waals surface area contributed by atoms with E-state index in [1.807, 2.05) is 66.9 Å². The molecule has 0 aliphatic carbocycles. The van der Waals surface area contributed by atoms with Crippen molar-refractivity contribution in [3.8, 4) is 0 Å². The minimum atomic E-state index is -0.265. The van der Waals surface area contributed by atoms with Gasteiger partial charge in [0.25, 0.3) is 0 Å². The fraction of sp³-hybridized carbons (Fsp3) is 0.111. The van der Waals surface area contributed by atoms with Crippen LogP contribution in [0.4, 0.5) is 10.6 Å². The van der Waals surface area contributed by atoms with Gasteiger partial charge in [-0.25, -0.2) is 4.79 Å². The van der Waals surface area contributed by atoms with Gasteiger partial charge in [-0.2, -0.15) is 5.10 Å². The summed E-state index contributed by atoms with van der Waals surface area (Å²) in [4.78, 5) is 11.9. The summed E-state index contributed by atoms with van der Waals surface area (Å²) < 4.78 is 1.79. The van der Waals surface area contributed by atoms with Gasteiger partial charge in [0, 0.05) is 18.8 Å². The van der Waals surface area contributed by atoms with Gasteiger partial charge in [-0.3, -0.25) is 10.00 Å². The van der Waals surface area contributed by atoms with Crippen LogP contribution in [0, 0.1) is 0 Å². The fourth-order valence-corrected chi connectivity index (χ4v) is 2.23. The Hall–Kier alpha value is -3.08. The van der Waals surface area contributed by atoms with E-state index in [4.69, 9.17) is 0 Å². The van der Waals surface area contributed by atoms with E-state index in [1.165, 1.54) is 0 Å². The summed E-state index contributed by atoms with van der Waals surface area (Å²) in [6.07, 6.45) is 1.85. The number of carbonyl (C=O) groups is 1. The van der Waals surface area contributed by atoms with Crippen LogP contribution in [-0.4, -0.2) is 15.8 Å². The number of amides is 2. The topological polar surface area (TPSA) is 59.0 Å². The van der Waals surface area contributed by atoms with Crippen molar-refractivity contribution in [1.82, 2.24) is 15.1 Å². The molecule has 0 radical (unpaired) electrons. The summed E-state index contributed by atoms with van der Waals surface area (Å²) in [6.45, 7) is 1.16. The first-order valence-corrected chi connectivity index (χ1v) is 7.46. The van der Waals surface area contributed by atoms with Crippen LogP contribution in [0.5, 0.6) is 0 Å². The molecule has 0 saturated heterocycles. The van der Waals surface area contributed by atoms with Crippen molar-refractivity contribution in [2.45, 2.75) is 13.1 Å². The maximum absolute atomic E-state index is 11.9. The third-order valence-electron chi connectivity index (χ3n) is 3.37. The first kappa shape index (κ1) is 14.8. The largest absolute Gasteiger partial charge is 0.334 e. The van der Waals surface area contributed by atoms with Crippen LogP contribution < -0.4 is 10.6 Å². The van der Waals surface area contributed by atoms with Gasteiger partial charge in [-0.1, -0.05) is 60.7 Å². The molecule has 0 bridgehead atoms. The van der Waals surface area contributed by atoms with Crippen molar-refractivity contribution >= 4 is 11.8 Å². The molecule has 0 fully saturated rings. The zero-order valence-electron chi connectivity index (χ0n) is 12.6. The van der Waals surface area contributed by atoms with Gasteiger partial charge in [0.2, 0.25) is 0 Å². The molecule has 0 atom stereocenters. The number of carbonyl (C=O) groups excluding carboxylic acids is 1. The lowest BCUT2D eigenvalue weighted by atomic mass is 10.2. The molecule has 1 aromatic heterocycles. The first-order chi connectivity index (χ1) is 11.3. The summed E-state index contributed by atoms with van der Waals surface area (Å²) in [7, 11) is 0. The molecule has 0 aliphatic heterocycles. The Morgan fingerprint density at radius 2 is 1.57 bits per heavy atom. The average molecular weight is 306 g/mol. The molecule has 116 valence electrons. The SMILES string of the molecule is O=C(NCc1ccccc1)Nc1ccn(Cc2ccccc2)n1. The minimum Gasteiger partial charge on any atom is -0.334 e. The first-order valence-electron chi connectivity index (χ1n) is 7.46. The lowest BCUT2D eigenvalue weighted by molar-refractivity contribution is 0.251. The summed E-state index contributed by atoms with van der Waals surface area (Å²) in [5.41, 5.74) is 2.22. The van der Waals surface area contributed by atoms with Crippen molar-refractivity contribution in [3.63, 3.8) is 0 Å². The molecule has 0 unspecified atom stereocenters. The Labute approximate surface area is 135 Å². The smallest absolute Gasteiger partial charge is 0.320 e. The molecule has 2 aromatic carbocycles. The van der Waals surface area contributed by atoms with E-state index in [-0.39, 0.29) is 6.03 Å². The zero-order chi connectivity index (χ0) is 15.9. The highest BCUT2D eigenvalue weighted by atomic mass is 16.2. The quantitative estimate of drug-likeness (QED) is 0.760. The van der Waals surface area contributed by atoms with Crippen molar-refractivity contribution < 1.29 is 4.79 Å². The molecule has 3 rings (SSSR count). The van der Waals surface area contributed by atoms with Crippen molar-refractivity contribution in [3.05, 3.63) is 84.1 Å². The molecule has 3 aromatic rings. The second-order valence-electron chi connectivity index (χ2n) is 5.18. The third-order valence-corrected chi connectivity index (χ3v) is 3.37. The summed E-state index contributed by atoms with van der Waals surface area (Å²) in [6, 6.07) is 21.3. The van der Waals surface area contributed by atoms with E-state index in [1.54, 1.807) is 10.7 Å². The van der Waals surface area contributed by atoms with Gasteiger partial charge in [0.05, 0.1) is 6.54 Å². The Morgan fingerprint density at radius 1 is 0.913 bits per heavy atom. The molecule has 0 spiro atoms. The fourth-order valence-electron chi connectivity index (χ4n) is 2.23. The van der Waals surface area contributed by atoms with Gasteiger partial charge in [-0.15, -0.1) is 0 Å². The van der Waals surface area contributed by atoms with Crippen LogP contribution in [0.3, 0.4) is 0 Å². The summed E-state index contributed by atoms with van der Waals surface area (Å²) >= 11 is 0. The predicted octanol–water partition coefficient (Wildman–Crippen LogP) is 3.25. The molecule has 0 aliphatic rings. The normalized spacial score (nSPS) is 10.3. The highest BCUT2D eigenvalue weighted by Gasteiger charge is 2.05. The highest BCUT2D eigenvalue weighted by molar-refractivity contribution is 5.88. The van der Waals surface area contributed by atoms with E-state index >= 15 is 0 Å². The number of hydrogen-bond acceptors (Lipinski definition) is 2. The van der Waals surface area contributed by atoms with E-state index in [0.29, 0.717) is 18.9 Å². The monoisotopic (exact) mass is 306 g/mol. The molecule has 1 heterocycles. The van der Waals surface area contributed by atoms with Gasteiger partial charge in [0.15, 0.2) is 5.82 Å². The standard InChI is InChI=1S/C18H18N4O/c23-18(19-13-15-7-3-1-4-8-15)20-17-11-12-22(21-17)14-16-9-5-2-6-10-16/h1-12H,13-14H2,(H2,19,20,21,23). The minimum absolute atomic E-state index is 0.265. The predicted molar refractivity (Wildman–Crippen MR) is 90.1 cm³/mol. The second-order valence-corrected chi connectivity index (χ2v) is 5.18. The second kappa shape index (κ2) is 7.26. The number of hydrogen-bond donors (Lipinski definition) is 2. The summed E-state index contributed by atoms with van der Waals surface area (Å²) in [5, 5.41) is 9.89. The van der Waals surface area contributed by atoms with Crippen molar-refractivity contribution in [2.24, 2.45) is 0 Å². The number of rotatable bonds is 5. The number of aromatic nitrogens is 2. The Kier molecular flexibility index (Phi) is 4.69. The van der Waals surface area contributed by atoms with Crippen molar-refractivity contribution in [2.75, 3.05) is 5.32 Å². The van der Waals surface area contributed by atoms with E-state index in [2.05, 4.69) is 15.7 Å². The lowest BCUT2D eigenvalue weighted by Gasteiger charge is -2.05. The average Bonchev–Trinajstić information content (AvgIpc) is 3.02. The lowest BCUT2D eigenvalue weighted by Crippen LogP contribution is -2.28. The number of nitrogens with one attached hydrogen (secondary N) is 2. The number of urea groups is 1. The molecular formula is C18H18N4O. The number of anilines is 1. The van der Waals surface area contributed by atoms with Gasteiger partial charge in [0.1, 0.15) is 0 Å². The maximum atomic E-state index is 11.9. The van der Waals surface area contributed by atoms with Crippen LogP contribution in [0.15, 0.2) is 72.9 Å². The van der Waals surface area contributed by atoms with Gasteiger partial charge in [-0.05, 0) is 11.1 Å². The van der Waals surface area contributed by atoms with Crippen LogP contribution >= 0.6 is 0 Å². The molecule has 23 heavy (non-hydrogen) atoms. The number of nitrogens with zero attached hydrogens (tertiary/aromatic N) is 2. The molecule has 2 N–H and O–H groups in total. The molecule has 5 nitrogen and oxygen atoms in total. The van der Waals surface area contributed by atoms with E-state index < -0.39 is 0 Å². The Balaban J connectivity index is 1.51. The van der Waals surface area contributed by atoms with Crippen LogP contribution in [0.25, 0.3) is 0 Å². The number of benzene rings is 2. The van der Waals surface area contributed by atoms with Gasteiger partial charge >= 0.3 is 6.03 Å². The Bertz CT molecular complexity index is 753. The maximum Gasteiger partial charge on any atom is 0.320 e. The van der Waals surface area contributed by atoms with Crippen LogP contribution in [0.2, 0.25) is 0 Å². The molecule has 2 amide bonds. The van der Waals surface area contributed by atoms with E-state index in [0.717, 1.165) is 11.1 Å². The highest BCUT2D eigenvalue weighted by Crippen LogP contribution is 2.06. The molecule has 5 heteroatoms. The van der Waals surface area contributed by atoms with Crippen molar-refractivity contribution in [1.29, 1.82) is 0 Å².